The van der Waals surface area contributed by atoms with Gasteiger partial charge in [0.15, 0.2) is 0 Å². The molecular formula is C19H18N4O2. The Morgan fingerprint density at radius 2 is 1.88 bits per heavy atom. The fourth-order valence-electron chi connectivity index (χ4n) is 2.26. The fraction of sp³-hybridized carbons (Fsp3) is 0.105. The number of carbonyl (C=O) groups excluding carboxylic acids is 1. The molecule has 0 spiro atoms. The van der Waals surface area contributed by atoms with Crippen LogP contribution < -0.4 is 15.4 Å². The van der Waals surface area contributed by atoms with E-state index in [0.717, 1.165) is 5.56 Å². The van der Waals surface area contributed by atoms with Crippen molar-refractivity contribution in [3.05, 3.63) is 78.2 Å². The van der Waals surface area contributed by atoms with Gasteiger partial charge in [0.2, 0.25) is 0 Å². The summed E-state index contributed by atoms with van der Waals surface area (Å²) in [6.45, 7) is 0.620. The molecule has 3 aromatic rings. The minimum atomic E-state index is -0.307. The third-order valence-corrected chi connectivity index (χ3v) is 3.54. The molecule has 126 valence electrons. The van der Waals surface area contributed by atoms with Crippen molar-refractivity contribution >= 4 is 17.4 Å². The van der Waals surface area contributed by atoms with Gasteiger partial charge in [-0.2, -0.15) is 0 Å². The highest BCUT2D eigenvalue weighted by molar-refractivity contribution is 6.03. The maximum atomic E-state index is 12.4. The monoisotopic (exact) mass is 334 g/mol. The van der Waals surface area contributed by atoms with Crippen molar-refractivity contribution in [1.82, 2.24) is 9.97 Å². The molecule has 0 saturated carbocycles. The molecule has 6 nitrogen and oxygen atoms in total. The number of nitrogens with one attached hydrogen (secondary N) is 2. The highest BCUT2D eigenvalue weighted by Crippen LogP contribution is 2.17. The second-order valence-electron chi connectivity index (χ2n) is 5.31. The highest BCUT2D eigenvalue weighted by Gasteiger charge is 2.09. The van der Waals surface area contributed by atoms with Gasteiger partial charge in [-0.3, -0.25) is 4.79 Å². The number of ether oxygens (including phenoxy) is 1. The topological polar surface area (TPSA) is 76.1 Å². The summed E-state index contributed by atoms with van der Waals surface area (Å²) in [6, 6.07) is 18.7. The molecule has 0 saturated heterocycles. The van der Waals surface area contributed by atoms with Crippen molar-refractivity contribution in [1.29, 1.82) is 0 Å². The largest absolute Gasteiger partial charge is 0.497 e. The van der Waals surface area contributed by atoms with Gasteiger partial charge in [-0.15, -0.1) is 0 Å². The van der Waals surface area contributed by atoms with E-state index in [1.165, 1.54) is 6.33 Å². The van der Waals surface area contributed by atoms with Crippen molar-refractivity contribution in [2.45, 2.75) is 6.54 Å². The van der Waals surface area contributed by atoms with Crippen molar-refractivity contribution in [2.24, 2.45) is 0 Å². The Labute approximate surface area is 145 Å². The number of methoxy groups -OCH3 is 1. The number of benzene rings is 2. The van der Waals surface area contributed by atoms with Crippen molar-refractivity contribution in [3.8, 4) is 5.75 Å². The lowest BCUT2D eigenvalue weighted by molar-refractivity contribution is 0.102. The van der Waals surface area contributed by atoms with Crippen LogP contribution in [0.3, 0.4) is 0 Å². The molecule has 1 heterocycles. The molecular weight excluding hydrogens is 316 g/mol. The van der Waals surface area contributed by atoms with Crippen LogP contribution in [0.15, 0.2) is 67.0 Å². The van der Waals surface area contributed by atoms with Crippen LogP contribution in [0.2, 0.25) is 0 Å². The molecule has 2 N–H and O–H groups in total. The first-order valence-corrected chi connectivity index (χ1v) is 7.80. The van der Waals surface area contributed by atoms with E-state index in [9.17, 15) is 4.79 Å². The maximum absolute atomic E-state index is 12.4. The molecule has 0 aliphatic heterocycles. The van der Waals surface area contributed by atoms with Gasteiger partial charge in [0, 0.05) is 24.4 Å². The predicted octanol–water partition coefficient (Wildman–Crippen LogP) is 3.35. The Kier molecular flexibility index (Phi) is 5.21. The average molecular weight is 334 g/mol. The standard InChI is InChI=1S/C19H18N4O2/c1-25-16-9-5-8-15(10-16)23-19(24)17-11-18(22-13-21-17)20-12-14-6-3-2-4-7-14/h2-11,13H,12H2,1H3,(H,23,24)(H,20,21,22). The first-order valence-electron chi connectivity index (χ1n) is 7.80. The van der Waals surface area contributed by atoms with E-state index in [1.807, 2.05) is 36.4 Å². The molecule has 1 amide bonds. The molecule has 1 aromatic heterocycles. The fourth-order valence-corrected chi connectivity index (χ4v) is 2.26. The van der Waals surface area contributed by atoms with Crippen LogP contribution in [0, 0.1) is 0 Å². The van der Waals surface area contributed by atoms with Crippen molar-refractivity contribution < 1.29 is 9.53 Å². The minimum Gasteiger partial charge on any atom is -0.497 e. The Balaban J connectivity index is 1.66. The van der Waals surface area contributed by atoms with Crippen LogP contribution in [0.4, 0.5) is 11.5 Å². The van der Waals surface area contributed by atoms with E-state index in [-0.39, 0.29) is 11.6 Å². The summed E-state index contributed by atoms with van der Waals surface area (Å²) in [4.78, 5) is 20.6. The third kappa shape index (κ3) is 4.54. The maximum Gasteiger partial charge on any atom is 0.274 e. The van der Waals surface area contributed by atoms with Crippen LogP contribution in [-0.2, 0) is 6.54 Å². The van der Waals surface area contributed by atoms with Crippen molar-refractivity contribution in [2.75, 3.05) is 17.7 Å². The Hall–Kier alpha value is -3.41. The number of carbonyl (C=O) groups is 1. The summed E-state index contributed by atoms with van der Waals surface area (Å²) in [6.07, 6.45) is 1.37. The average Bonchev–Trinajstić information content (AvgIpc) is 2.67. The van der Waals surface area contributed by atoms with Crippen LogP contribution in [0.5, 0.6) is 5.75 Å². The van der Waals surface area contributed by atoms with E-state index in [1.54, 1.807) is 31.4 Å². The van der Waals surface area contributed by atoms with Gasteiger partial charge in [-0.25, -0.2) is 9.97 Å². The molecule has 0 atom stereocenters. The first kappa shape index (κ1) is 16.4. The van der Waals surface area contributed by atoms with E-state index < -0.39 is 0 Å². The zero-order chi connectivity index (χ0) is 17.5. The van der Waals surface area contributed by atoms with Gasteiger partial charge >= 0.3 is 0 Å². The third-order valence-electron chi connectivity index (χ3n) is 3.54. The van der Waals surface area contributed by atoms with E-state index in [4.69, 9.17) is 4.74 Å². The van der Waals surface area contributed by atoms with Crippen LogP contribution in [-0.4, -0.2) is 23.0 Å². The van der Waals surface area contributed by atoms with Gasteiger partial charge in [0.05, 0.1) is 7.11 Å². The quantitative estimate of drug-likeness (QED) is 0.723. The van der Waals surface area contributed by atoms with Gasteiger partial charge < -0.3 is 15.4 Å². The van der Waals surface area contributed by atoms with Gasteiger partial charge in [-0.1, -0.05) is 36.4 Å². The van der Waals surface area contributed by atoms with Gasteiger partial charge in [0.25, 0.3) is 5.91 Å². The zero-order valence-electron chi connectivity index (χ0n) is 13.8. The summed E-state index contributed by atoms with van der Waals surface area (Å²) in [5, 5.41) is 5.98. The highest BCUT2D eigenvalue weighted by atomic mass is 16.5. The summed E-state index contributed by atoms with van der Waals surface area (Å²) in [5.41, 5.74) is 2.05. The SMILES string of the molecule is COc1cccc(NC(=O)c2cc(NCc3ccccc3)ncn2)c1. The lowest BCUT2D eigenvalue weighted by atomic mass is 10.2. The summed E-state index contributed by atoms with van der Waals surface area (Å²) in [5.74, 6) is 0.957. The molecule has 0 bridgehead atoms. The predicted molar refractivity (Wildman–Crippen MR) is 96.7 cm³/mol. The molecule has 3 rings (SSSR count). The summed E-state index contributed by atoms with van der Waals surface area (Å²) in [7, 11) is 1.58. The number of amides is 1. The lowest BCUT2D eigenvalue weighted by Crippen LogP contribution is -2.14. The number of hydrogen-bond acceptors (Lipinski definition) is 5. The van der Waals surface area contributed by atoms with Crippen molar-refractivity contribution in [3.63, 3.8) is 0 Å². The molecule has 6 heteroatoms. The van der Waals surface area contributed by atoms with Crippen LogP contribution in [0.25, 0.3) is 0 Å². The lowest BCUT2D eigenvalue weighted by Gasteiger charge is -2.08. The second-order valence-corrected chi connectivity index (χ2v) is 5.31. The molecule has 0 unspecified atom stereocenters. The molecule has 0 fully saturated rings. The molecule has 25 heavy (non-hydrogen) atoms. The first-order chi connectivity index (χ1) is 12.2. The number of aromatic nitrogens is 2. The van der Waals surface area contributed by atoms with Gasteiger partial charge in [0.1, 0.15) is 23.6 Å². The second kappa shape index (κ2) is 7.92. The number of nitrogens with zero attached hydrogens (tertiary/aromatic N) is 2. The smallest absolute Gasteiger partial charge is 0.274 e. The Bertz CT molecular complexity index is 853. The van der Waals surface area contributed by atoms with E-state index in [0.29, 0.717) is 23.8 Å². The molecule has 0 aliphatic rings. The Morgan fingerprint density at radius 3 is 2.68 bits per heavy atom. The molecule has 0 radical (unpaired) electrons. The van der Waals surface area contributed by atoms with Crippen LogP contribution in [0.1, 0.15) is 16.1 Å². The summed E-state index contributed by atoms with van der Waals surface area (Å²) >= 11 is 0. The zero-order valence-corrected chi connectivity index (χ0v) is 13.8. The number of rotatable bonds is 6. The van der Waals surface area contributed by atoms with Crippen LogP contribution >= 0.6 is 0 Å². The Morgan fingerprint density at radius 1 is 1.04 bits per heavy atom. The minimum absolute atomic E-state index is 0.286. The van der Waals surface area contributed by atoms with Gasteiger partial charge in [-0.05, 0) is 17.7 Å². The number of hydrogen-bond donors (Lipinski definition) is 2. The summed E-state index contributed by atoms with van der Waals surface area (Å²) < 4.78 is 5.15. The normalized spacial score (nSPS) is 10.1. The molecule has 2 aromatic carbocycles. The number of anilines is 2. The molecule has 0 aliphatic carbocycles. The van der Waals surface area contributed by atoms with E-state index >= 15 is 0 Å². The van der Waals surface area contributed by atoms with E-state index in [2.05, 4.69) is 20.6 Å².